The minimum absolute atomic E-state index is 0.235. The Kier molecular flexibility index (Phi) is 3.71. The van der Waals surface area contributed by atoms with Gasteiger partial charge in [-0.1, -0.05) is 13.8 Å². The molecule has 0 radical (unpaired) electrons. The van der Waals surface area contributed by atoms with Crippen molar-refractivity contribution < 1.29 is 4.39 Å². The van der Waals surface area contributed by atoms with Gasteiger partial charge in [0.15, 0.2) is 5.65 Å². The molecule has 0 aromatic carbocycles. The molecule has 3 aromatic heterocycles. The van der Waals surface area contributed by atoms with E-state index in [2.05, 4.69) is 33.8 Å². The molecule has 0 aliphatic heterocycles. The van der Waals surface area contributed by atoms with Crippen molar-refractivity contribution in [2.45, 2.75) is 39.7 Å². The zero-order valence-corrected chi connectivity index (χ0v) is 13.6. The third-order valence-electron chi connectivity index (χ3n) is 3.89. The number of anilines is 1. The summed E-state index contributed by atoms with van der Waals surface area (Å²) < 4.78 is 15.4. The van der Waals surface area contributed by atoms with E-state index in [1.165, 1.54) is 6.07 Å². The molecule has 0 fully saturated rings. The number of hydrogen-bond donors (Lipinski definition) is 1. The van der Waals surface area contributed by atoms with E-state index in [1.807, 2.05) is 18.4 Å². The number of aromatic nitrogens is 5. The van der Waals surface area contributed by atoms with Crippen LogP contribution in [-0.4, -0.2) is 24.5 Å². The number of rotatable bonds is 3. The third-order valence-corrected chi connectivity index (χ3v) is 3.89. The van der Waals surface area contributed by atoms with Gasteiger partial charge in [0.05, 0.1) is 24.3 Å². The highest BCUT2D eigenvalue weighted by Gasteiger charge is 2.20. The fourth-order valence-corrected chi connectivity index (χ4v) is 2.69. The second-order valence-corrected chi connectivity index (χ2v) is 5.94. The molecular weight excluding hydrogens is 295 g/mol. The summed E-state index contributed by atoms with van der Waals surface area (Å²) in [5.41, 5.74) is 8.90. The summed E-state index contributed by atoms with van der Waals surface area (Å²) >= 11 is 0. The predicted molar refractivity (Wildman–Crippen MR) is 86.6 cm³/mol. The second-order valence-electron chi connectivity index (χ2n) is 5.94. The first-order chi connectivity index (χ1) is 10.9. The van der Waals surface area contributed by atoms with E-state index in [0.717, 1.165) is 23.1 Å². The Hall–Kier alpha value is -2.57. The van der Waals surface area contributed by atoms with Gasteiger partial charge in [0.1, 0.15) is 23.0 Å². The van der Waals surface area contributed by atoms with Crippen LogP contribution < -0.4 is 5.73 Å². The molecule has 3 heterocycles. The van der Waals surface area contributed by atoms with E-state index in [-0.39, 0.29) is 12.0 Å². The molecule has 0 aliphatic rings. The first-order valence-electron chi connectivity index (χ1n) is 7.50. The standard InChI is InChI=1S/C16H19FN6/c1-8(2)13-14-16(22-10(4)21-13)23(7-20-14)9(3)12-5-11(17)6-19-15(12)18/h5-9H,1-4H3,(H2,18,19). The van der Waals surface area contributed by atoms with Crippen LogP contribution in [0.1, 0.15) is 49.8 Å². The lowest BCUT2D eigenvalue weighted by atomic mass is 10.1. The maximum Gasteiger partial charge on any atom is 0.164 e. The van der Waals surface area contributed by atoms with Crippen molar-refractivity contribution in [2.24, 2.45) is 0 Å². The Morgan fingerprint density at radius 1 is 1.17 bits per heavy atom. The maximum atomic E-state index is 13.5. The van der Waals surface area contributed by atoms with Gasteiger partial charge in [0.25, 0.3) is 0 Å². The molecule has 0 aliphatic carbocycles. The summed E-state index contributed by atoms with van der Waals surface area (Å²) in [5.74, 6) is 0.800. The number of fused-ring (bicyclic) bond motifs is 1. The SMILES string of the molecule is Cc1nc(C(C)C)c2ncn(C(C)c3cc(F)cnc3N)c2n1. The minimum Gasteiger partial charge on any atom is -0.383 e. The average Bonchev–Trinajstić information content (AvgIpc) is 2.91. The van der Waals surface area contributed by atoms with Crippen molar-refractivity contribution in [1.82, 2.24) is 24.5 Å². The molecular formula is C16H19FN6. The maximum absolute atomic E-state index is 13.5. The molecule has 23 heavy (non-hydrogen) atoms. The molecule has 1 unspecified atom stereocenters. The van der Waals surface area contributed by atoms with Crippen LogP contribution in [0.25, 0.3) is 11.2 Å². The molecule has 0 bridgehead atoms. The second kappa shape index (κ2) is 5.57. The lowest BCUT2D eigenvalue weighted by Crippen LogP contribution is -2.11. The lowest BCUT2D eigenvalue weighted by molar-refractivity contribution is 0.602. The lowest BCUT2D eigenvalue weighted by Gasteiger charge is -2.16. The van der Waals surface area contributed by atoms with E-state index in [9.17, 15) is 4.39 Å². The topological polar surface area (TPSA) is 82.5 Å². The Balaban J connectivity index is 2.19. The van der Waals surface area contributed by atoms with Gasteiger partial charge in [-0.2, -0.15) is 0 Å². The van der Waals surface area contributed by atoms with Crippen molar-refractivity contribution in [3.63, 3.8) is 0 Å². The van der Waals surface area contributed by atoms with Gasteiger partial charge in [0, 0.05) is 5.56 Å². The largest absolute Gasteiger partial charge is 0.383 e. The van der Waals surface area contributed by atoms with E-state index < -0.39 is 5.82 Å². The van der Waals surface area contributed by atoms with Crippen LogP contribution in [-0.2, 0) is 0 Å². The van der Waals surface area contributed by atoms with Crippen molar-refractivity contribution in [2.75, 3.05) is 5.73 Å². The molecule has 120 valence electrons. The average molecular weight is 314 g/mol. The minimum atomic E-state index is -0.417. The summed E-state index contributed by atoms with van der Waals surface area (Å²) in [6.07, 6.45) is 2.81. The quantitative estimate of drug-likeness (QED) is 0.803. The fraction of sp³-hybridized carbons (Fsp3) is 0.375. The Labute approximate surface area is 133 Å². The number of nitrogens with two attached hydrogens (primary N) is 1. The summed E-state index contributed by atoms with van der Waals surface area (Å²) in [6.45, 7) is 7.90. The highest BCUT2D eigenvalue weighted by molar-refractivity contribution is 5.74. The number of pyridine rings is 1. The molecule has 7 heteroatoms. The summed E-state index contributed by atoms with van der Waals surface area (Å²) in [4.78, 5) is 17.4. The molecule has 6 nitrogen and oxygen atoms in total. The Morgan fingerprint density at radius 2 is 1.91 bits per heavy atom. The van der Waals surface area contributed by atoms with Gasteiger partial charge < -0.3 is 10.3 Å². The van der Waals surface area contributed by atoms with Gasteiger partial charge in [0.2, 0.25) is 0 Å². The zero-order valence-electron chi connectivity index (χ0n) is 13.6. The van der Waals surface area contributed by atoms with Crippen LogP contribution in [0, 0.1) is 12.7 Å². The van der Waals surface area contributed by atoms with Gasteiger partial charge in [-0.15, -0.1) is 0 Å². The van der Waals surface area contributed by atoms with E-state index in [0.29, 0.717) is 17.2 Å². The monoisotopic (exact) mass is 314 g/mol. The van der Waals surface area contributed by atoms with E-state index in [1.54, 1.807) is 6.33 Å². The van der Waals surface area contributed by atoms with Gasteiger partial charge in [-0.25, -0.2) is 24.3 Å². The molecule has 0 saturated carbocycles. The van der Waals surface area contributed by atoms with Crippen molar-refractivity contribution >= 4 is 17.0 Å². The number of nitrogen functional groups attached to an aromatic ring is 1. The van der Waals surface area contributed by atoms with Crippen LogP contribution in [0.5, 0.6) is 0 Å². The number of hydrogen-bond acceptors (Lipinski definition) is 5. The molecule has 3 aromatic rings. The highest BCUT2D eigenvalue weighted by atomic mass is 19.1. The molecule has 0 saturated heterocycles. The van der Waals surface area contributed by atoms with Crippen LogP contribution in [0.2, 0.25) is 0 Å². The Bertz CT molecular complexity index is 870. The van der Waals surface area contributed by atoms with Crippen LogP contribution in [0.15, 0.2) is 18.6 Å². The normalized spacial score (nSPS) is 13.0. The van der Waals surface area contributed by atoms with Crippen molar-refractivity contribution in [1.29, 1.82) is 0 Å². The molecule has 1 atom stereocenters. The van der Waals surface area contributed by atoms with Gasteiger partial charge >= 0.3 is 0 Å². The fourth-order valence-electron chi connectivity index (χ4n) is 2.69. The number of nitrogens with zero attached hydrogens (tertiary/aromatic N) is 5. The molecule has 0 spiro atoms. The predicted octanol–water partition coefficient (Wildman–Crippen LogP) is 2.98. The summed E-state index contributed by atoms with van der Waals surface area (Å²) in [6, 6.07) is 1.16. The van der Waals surface area contributed by atoms with E-state index >= 15 is 0 Å². The first kappa shape index (κ1) is 15.3. The van der Waals surface area contributed by atoms with Crippen molar-refractivity contribution in [3.8, 4) is 0 Å². The third kappa shape index (κ3) is 2.62. The smallest absolute Gasteiger partial charge is 0.164 e. The Morgan fingerprint density at radius 3 is 2.61 bits per heavy atom. The van der Waals surface area contributed by atoms with E-state index in [4.69, 9.17) is 5.73 Å². The molecule has 3 rings (SSSR count). The van der Waals surface area contributed by atoms with Crippen LogP contribution in [0.3, 0.4) is 0 Å². The number of imidazole rings is 1. The van der Waals surface area contributed by atoms with Gasteiger partial charge in [-0.3, -0.25) is 0 Å². The zero-order chi connectivity index (χ0) is 16.7. The first-order valence-corrected chi connectivity index (χ1v) is 7.50. The summed E-state index contributed by atoms with van der Waals surface area (Å²) in [5, 5.41) is 0. The molecule has 0 amide bonds. The van der Waals surface area contributed by atoms with Crippen LogP contribution in [0.4, 0.5) is 10.2 Å². The number of halogens is 1. The number of aryl methyl sites for hydroxylation is 1. The summed E-state index contributed by atoms with van der Waals surface area (Å²) in [7, 11) is 0. The highest BCUT2D eigenvalue weighted by Crippen LogP contribution is 2.28. The van der Waals surface area contributed by atoms with Gasteiger partial charge in [-0.05, 0) is 25.8 Å². The van der Waals surface area contributed by atoms with Crippen molar-refractivity contribution in [3.05, 3.63) is 41.5 Å². The van der Waals surface area contributed by atoms with Crippen LogP contribution >= 0.6 is 0 Å². The molecule has 2 N–H and O–H groups in total.